The van der Waals surface area contributed by atoms with E-state index in [1.165, 1.54) is 6.92 Å². The van der Waals surface area contributed by atoms with Gasteiger partial charge in [-0.2, -0.15) is 22.0 Å². The van der Waals surface area contributed by atoms with Crippen LogP contribution in [0, 0.1) is 23.2 Å². The van der Waals surface area contributed by atoms with Gasteiger partial charge in [-0.1, -0.05) is 19.4 Å². The predicted octanol–water partition coefficient (Wildman–Crippen LogP) is 5.37. The molecule has 5 atom stereocenters. The lowest BCUT2D eigenvalue weighted by Gasteiger charge is -2.54. The molecule has 0 spiro atoms. The van der Waals surface area contributed by atoms with Crippen LogP contribution in [0.25, 0.3) is 0 Å². The van der Waals surface area contributed by atoms with Crippen molar-refractivity contribution in [2.24, 2.45) is 23.2 Å². The second-order valence-electron chi connectivity index (χ2n) is 9.34. The van der Waals surface area contributed by atoms with Gasteiger partial charge >= 0.3 is 12.1 Å². The summed E-state index contributed by atoms with van der Waals surface area (Å²) in [5, 5.41) is 10.8. The Morgan fingerprint density at radius 3 is 2.43 bits per heavy atom. The van der Waals surface area contributed by atoms with Crippen molar-refractivity contribution in [2.75, 3.05) is 0 Å². The molecular formula is C21H25F5O2. The third-order valence-corrected chi connectivity index (χ3v) is 8.09. The summed E-state index contributed by atoms with van der Waals surface area (Å²) in [6.45, 7) is 3.40. The Morgan fingerprint density at radius 2 is 1.79 bits per heavy atom. The highest BCUT2D eigenvalue weighted by molar-refractivity contribution is 5.93. The van der Waals surface area contributed by atoms with Gasteiger partial charge in [0.05, 0.1) is 0 Å². The van der Waals surface area contributed by atoms with Crippen LogP contribution in [-0.4, -0.2) is 28.6 Å². The summed E-state index contributed by atoms with van der Waals surface area (Å²) < 4.78 is 68.4. The van der Waals surface area contributed by atoms with E-state index in [1.54, 1.807) is 6.08 Å². The fourth-order valence-corrected chi connectivity index (χ4v) is 6.67. The minimum absolute atomic E-state index is 0.0439. The lowest BCUT2D eigenvalue weighted by molar-refractivity contribution is -0.362. The van der Waals surface area contributed by atoms with Gasteiger partial charge in [0, 0.05) is 11.8 Å². The molecule has 2 unspecified atom stereocenters. The molecule has 2 saturated carbocycles. The van der Waals surface area contributed by atoms with Crippen LogP contribution < -0.4 is 0 Å². The molecule has 0 aromatic carbocycles. The maximum Gasteiger partial charge on any atom is 0.456 e. The van der Waals surface area contributed by atoms with Crippen LogP contribution in [-0.2, 0) is 4.79 Å². The van der Waals surface area contributed by atoms with Crippen molar-refractivity contribution >= 4 is 5.78 Å². The molecule has 4 rings (SSSR count). The van der Waals surface area contributed by atoms with E-state index < -0.39 is 35.5 Å². The number of allylic oxidation sites excluding steroid dienone is 4. The van der Waals surface area contributed by atoms with Crippen molar-refractivity contribution in [1.82, 2.24) is 0 Å². The molecule has 7 heteroatoms. The monoisotopic (exact) mass is 404 g/mol. The van der Waals surface area contributed by atoms with E-state index in [1.807, 2.05) is 6.92 Å². The van der Waals surface area contributed by atoms with Crippen LogP contribution in [0.15, 0.2) is 22.8 Å². The Hall–Kier alpha value is -1.24. The Balaban J connectivity index is 1.78. The summed E-state index contributed by atoms with van der Waals surface area (Å²) in [4.78, 5) is 11.8. The van der Waals surface area contributed by atoms with Crippen molar-refractivity contribution in [1.29, 1.82) is 0 Å². The molecule has 2 fully saturated rings. The van der Waals surface area contributed by atoms with Crippen molar-refractivity contribution in [2.45, 2.75) is 76.5 Å². The summed E-state index contributed by atoms with van der Waals surface area (Å²) in [6, 6.07) is 0. The van der Waals surface area contributed by atoms with Crippen LogP contribution in [0.1, 0.15) is 58.8 Å². The normalized spacial score (nSPS) is 41.4. The number of alkyl halides is 5. The highest BCUT2D eigenvalue weighted by atomic mass is 19.4. The zero-order chi connectivity index (χ0) is 20.7. The summed E-state index contributed by atoms with van der Waals surface area (Å²) in [5.41, 5.74) is -1.34. The number of hydrogen-bond acceptors (Lipinski definition) is 2. The van der Waals surface area contributed by atoms with E-state index in [0.29, 0.717) is 25.7 Å². The standard InChI is InChI=1S/C21H25F5O2/c1-11-9-12-10-13(27)3-4-14(12)15-5-7-18(2)16(17(11)15)6-8-19(18,28)20(22,23)21(24,25)26/h10-11,16-17,28H,3-9H2,1-2H3/t11-,16?,17?,18-,19-/m0/s1. The zero-order valence-corrected chi connectivity index (χ0v) is 16.0. The molecule has 156 valence electrons. The number of fused-ring (bicyclic) bond motifs is 4. The maximum absolute atomic E-state index is 14.4. The molecule has 0 heterocycles. The first-order chi connectivity index (χ1) is 12.8. The summed E-state index contributed by atoms with van der Waals surface area (Å²) >= 11 is 0. The quantitative estimate of drug-likeness (QED) is 0.597. The SMILES string of the molecule is C[C@H]1CC2=CC(=O)CCC2=C2CC[C@@]3(C)C(CC[C@@]3(O)C(F)(F)C(F)(F)F)C21. The molecule has 4 aliphatic carbocycles. The number of rotatable bonds is 1. The Kier molecular flexibility index (Phi) is 4.22. The Morgan fingerprint density at radius 1 is 1.11 bits per heavy atom. The number of halogens is 5. The number of carbonyl (C=O) groups excluding carboxylic acids is 1. The van der Waals surface area contributed by atoms with Crippen LogP contribution >= 0.6 is 0 Å². The maximum atomic E-state index is 14.4. The molecule has 4 aliphatic rings. The third kappa shape index (κ3) is 2.37. The smallest absolute Gasteiger partial charge is 0.383 e. The first kappa shape index (κ1) is 20.0. The molecule has 28 heavy (non-hydrogen) atoms. The average molecular weight is 404 g/mol. The van der Waals surface area contributed by atoms with Gasteiger partial charge in [0.1, 0.15) is 5.60 Å². The number of hydrogen-bond donors (Lipinski definition) is 1. The number of ketones is 1. The molecule has 0 saturated heterocycles. The van der Waals surface area contributed by atoms with E-state index in [9.17, 15) is 31.9 Å². The fraction of sp³-hybridized carbons (Fsp3) is 0.762. The van der Waals surface area contributed by atoms with Crippen molar-refractivity contribution in [3.8, 4) is 0 Å². The summed E-state index contributed by atoms with van der Waals surface area (Å²) in [7, 11) is 0. The average Bonchev–Trinajstić information content (AvgIpc) is 2.86. The van der Waals surface area contributed by atoms with Gasteiger partial charge in [-0.3, -0.25) is 4.79 Å². The summed E-state index contributed by atoms with van der Waals surface area (Å²) in [5.74, 6) is -5.55. The van der Waals surface area contributed by atoms with Crippen molar-refractivity contribution < 1.29 is 31.9 Å². The Bertz CT molecular complexity index is 780. The van der Waals surface area contributed by atoms with Gasteiger partial charge in [-0.25, -0.2) is 0 Å². The first-order valence-electron chi connectivity index (χ1n) is 9.96. The molecular weight excluding hydrogens is 379 g/mol. The second kappa shape index (κ2) is 5.89. The molecule has 0 aliphatic heterocycles. The van der Waals surface area contributed by atoms with Gasteiger partial charge in [-0.15, -0.1) is 0 Å². The molecule has 0 bridgehead atoms. The van der Waals surface area contributed by atoms with Gasteiger partial charge in [-0.05, 0) is 73.5 Å². The number of carbonyl (C=O) groups is 1. The molecule has 1 N–H and O–H groups in total. The lowest BCUT2D eigenvalue weighted by atomic mass is 9.52. The van der Waals surface area contributed by atoms with Crippen molar-refractivity contribution in [3.63, 3.8) is 0 Å². The molecule has 0 radical (unpaired) electrons. The highest BCUT2D eigenvalue weighted by Gasteiger charge is 2.78. The molecule has 0 amide bonds. The third-order valence-electron chi connectivity index (χ3n) is 8.09. The van der Waals surface area contributed by atoms with Crippen LogP contribution in [0.4, 0.5) is 22.0 Å². The van der Waals surface area contributed by atoms with Gasteiger partial charge in [0.15, 0.2) is 5.78 Å². The highest BCUT2D eigenvalue weighted by Crippen LogP contribution is 2.68. The zero-order valence-electron chi connectivity index (χ0n) is 16.0. The topological polar surface area (TPSA) is 37.3 Å². The fourth-order valence-electron chi connectivity index (χ4n) is 6.67. The van der Waals surface area contributed by atoms with Gasteiger partial charge < -0.3 is 5.11 Å². The number of aliphatic hydroxyl groups is 1. The van der Waals surface area contributed by atoms with Crippen LogP contribution in [0.3, 0.4) is 0 Å². The predicted molar refractivity (Wildman–Crippen MR) is 92.6 cm³/mol. The second-order valence-corrected chi connectivity index (χ2v) is 9.34. The van der Waals surface area contributed by atoms with E-state index in [2.05, 4.69) is 0 Å². The van der Waals surface area contributed by atoms with Gasteiger partial charge in [0.2, 0.25) is 0 Å². The summed E-state index contributed by atoms with van der Waals surface area (Å²) in [6.07, 6.45) is -2.32. The molecule has 0 aromatic rings. The van der Waals surface area contributed by atoms with Crippen molar-refractivity contribution in [3.05, 3.63) is 22.8 Å². The van der Waals surface area contributed by atoms with Gasteiger partial charge in [0.25, 0.3) is 0 Å². The minimum Gasteiger partial charge on any atom is -0.383 e. The van der Waals surface area contributed by atoms with E-state index >= 15 is 0 Å². The van der Waals surface area contributed by atoms with E-state index in [4.69, 9.17) is 0 Å². The Labute approximate surface area is 160 Å². The molecule has 0 aromatic heterocycles. The van der Waals surface area contributed by atoms with Crippen LogP contribution in [0.5, 0.6) is 0 Å². The van der Waals surface area contributed by atoms with E-state index in [-0.39, 0.29) is 30.5 Å². The van der Waals surface area contributed by atoms with Crippen LogP contribution in [0.2, 0.25) is 0 Å². The minimum atomic E-state index is -5.78. The lowest BCUT2D eigenvalue weighted by Crippen LogP contribution is -2.65. The largest absolute Gasteiger partial charge is 0.456 e. The molecule has 2 nitrogen and oxygen atoms in total. The first-order valence-corrected chi connectivity index (χ1v) is 9.96. The van der Waals surface area contributed by atoms with E-state index in [0.717, 1.165) is 16.7 Å².